The van der Waals surface area contributed by atoms with E-state index in [0.29, 0.717) is 11.3 Å². The molecule has 0 atom stereocenters. The largest absolute Gasteiger partial charge is 0.464 e. The van der Waals surface area contributed by atoms with Crippen LogP contribution >= 0.6 is 0 Å². The number of carbonyl (C=O) groups excluding carboxylic acids is 1. The van der Waals surface area contributed by atoms with Crippen molar-refractivity contribution >= 4 is 17.0 Å². The summed E-state index contributed by atoms with van der Waals surface area (Å²) in [6, 6.07) is 16.0. The molecular weight excluding hydrogens is 350 g/mol. The zero-order chi connectivity index (χ0) is 19.0. The Morgan fingerprint density at radius 3 is 2.44 bits per heavy atom. The number of halogens is 2. The molecule has 0 fully saturated rings. The lowest BCUT2D eigenvalue weighted by Crippen LogP contribution is -2.12. The average Bonchev–Trinajstić information content (AvgIpc) is 3.24. The van der Waals surface area contributed by atoms with Crippen LogP contribution in [0.3, 0.4) is 0 Å². The van der Waals surface area contributed by atoms with Crippen LogP contribution in [0.2, 0.25) is 0 Å². The Labute approximate surface area is 154 Å². The summed E-state index contributed by atoms with van der Waals surface area (Å²) in [5, 5.41) is 0. The molecule has 0 bridgehead atoms. The molecule has 136 valence electrons. The third kappa shape index (κ3) is 2.99. The molecule has 2 heterocycles. The minimum atomic E-state index is -0.506. The smallest absolute Gasteiger partial charge is 0.354 e. The molecule has 2 aromatic carbocycles. The maximum absolute atomic E-state index is 14.1. The molecule has 0 saturated carbocycles. The van der Waals surface area contributed by atoms with E-state index in [4.69, 9.17) is 4.74 Å². The van der Waals surface area contributed by atoms with Gasteiger partial charge in [0.15, 0.2) is 0 Å². The fourth-order valence-electron chi connectivity index (χ4n) is 3.21. The highest BCUT2D eigenvalue weighted by Crippen LogP contribution is 2.26. The number of rotatable bonds is 4. The predicted molar refractivity (Wildman–Crippen MR) is 98.1 cm³/mol. The molecular formula is C21H16F2N2O2. The summed E-state index contributed by atoms with van der Waals surface area (Å²) in [5.41, 5.74) is 3.05. The topological polar surface area (TPSA) is 36.2 Å². The molecule has 4 rings (SSSR count). The molecule has 0 spiro atoms. The van der Waals surface area contributed by atoms with Crippen molar-refractivity contribution in [1.82, 2.24) is 9.13 Å². The van der Waals surface area contributed by atoms with Gasteiger partial charge < -0.3 is 13.9 Å². The zero-order valence-electron chi connectivity index (χ0n) is 14.5. The van der Waals surface area contributed by atoms with Gasteiger partial charge in [0.2, 0.25) is 0 Å². The van der Waals surface area contributed by atoms with Crippen LogP contribution in [-0.4, -0.2) is 22.2 Å². The molecule has 27 heavy (non-hydrogen) atoms. The van der Waals surface area contributed by atoms with Crippen molar-refractivity contribution in [3.05, 3.63) is 89.8 Å². The minimum Gasteiger partial charge on any atom is -0.464 e. The normalized spacial score (nSPS) is 11.1. The third-order valence-electron chi connectivity index (χ3n) is 4.54. The summed E-state index contributed by atoms with van der Waals surface area (Å²) in [6.07, 6.45) is 1.83. The van der Waals surface area contributed by atoms with Gasteiger partial charge in [-0.25, -0.2) is 13.6 Å². The summed E-state index contributed by atoms with van der Waals surface area (Å²) >= 11 is 0. The molecule has 0 N–H and O–H groups in total. The fourth-order valence-corrected chi connectivity index (χ4v) is 3.21. The SMILES string of the molecule is COC(=O)c1cc2c(ccn2-c2ccc(F)cc2)n1Cc1ccccc1F. The number of hydrogen-bond acceptors (Lipinski definition) is 2. The lowest BCUT2D eigenvalue weighted by molar-refractivity contribution is 0.0589. The standard InChI is InChI=1S/C21H16F2N2O2/c1-27-21(26)20-12-19-18(25(20)13-14-4-2-3-5-17(14)23)10-11-24(19)16-8-6-15(22)7-9-16/h2-12H,13H2,1H3. The Bertz CT molecular complexity index is 1130. The number of aromatic nitrogens is 2. The van der Waals surface area contributed by atoms with Crippen LogP contribution in [0.4, 0.5) is 8.78 Å². The van der Waals surface area contributed by atoms with E-state index in [2.05, 4.69) is 0 Å². The second kappa shape index (κ2) is 6.72. The van der Waals surface area contributed by atoms with Crippen molar-refractivity contribution in [2.45, 2.75) is 6.54 Å². The summed E-state index contributed by atoms with van der Waals surface area (Å²) in [5.74, 6) is -1.17. The van der Waals surface area contributed by atoms with Crippen molar-refractivity contribution in [2.24, 2.45) is 0 Å². The monoisotopic (exact) mass is 366 g/mol. The van der Waals surface area contributed by atoms with Gasteiger partial charge in [-0.15, -0.1) is 0 Å². The van der Waals surface area contributed by atoms with E-state index >= 15 is 0 Å². The van der Waals surface area contributed by atoms with Crippen LogP contribution in [0.15, 0.2) is 66.9 Å². The number of ether oxygens (including phenoxy) is 1. The summed E-state index contributed by atoms with van der Waals surface area (Å²) in [6.45, 7) is 0.189. The van der Waals surface area contributed by atoms with Crippen molar-refractivity contribution in [1.29, 1.82) is 0 Å². The Morgan fingerprint density at radius 1 is 1.00 bits per heavy atom. The van der Waals surface area contributed by atoms with Gasteiger partial charge in [-0.3, -0.25) is 0 Å². The fraction of sp³-hybridized carbons (Fsp3) is 0.0952. The lowest BCUT2D eigenvalue weighted by atomic mass is 10.2. The first-order valence-corrected chi connectivity index (χ1v) is 8.36. The van der Waals surface area contributed by atoms with Crippen LogP contribution < -0.4 is 0 Å². The second-order valence-corrected chi connectivity index (χ2v) is 6.13. The van der Waals surface area contributed by atoms with Gasteiger partial charge in [-0.2, -0.15) is 0 Å². The lowest BCUT2D eigenvalue weighted by Gasteiger charge is -2.09. The Kier molecular flexibility index (Phi) is 4.24. The van der Waals surface area contributed by atoms with E-state index in [1.54, 1.807) is 41.0 Å². The average molecular weight is 366 g/mol. The van der Waals surface area contributed by atoms with E-state index in [-0.39, 0.29) is 18.2 Å². The first-order chi connectivity index (χ1) is 13.1. The summed E-state index contributed by atoms with van der Waals surface area (Å²) < 4.78 is 35.8. The van der Waals surface area contributed by atoms with Crippen LogP contribution in [0, 0.1) is 11.6 Å². The van der Waals surface area contributed by atoms with Crippen LogP contribution in [0.25, 0.3) is 16.7 Å². The van der Waals surface area contributed by atoms with Crippen LogP contribution in [0.1, 0.15) is 16.1 Å². The Hall–Kier alpha value is -3.41. The van der Waals surface area contributed by atoms with Gasteiger partial charge >= 0.3 is 5.97 Å². The molecule has 0 saturated heterocycles. The maximum Gasteiger partial charge on any atom is 0.354 e. The van der Waals surface area contributed by atoms with E-state index in [1.807, 2.05) is 16.8 Å². The molecule has 0 aliphatic carbocycles. The van der Waals surface area contributed by atoms with Gasteiger partial charge in [-0.05, 0) is 42.5 Å². The van der Waals surface area contributed by atoms with E-state index in [0.717, 1.165) is 16.7 Å². The first-order valence-electron chi connectivity index (χ1n) is 8.36. The second-order valence-electron chi connectivity index (χ2n) is 6.13. The van der Waals surface area contributed by atoms with Gasteiger partial charge in [0.25, 0.3) is 0 Å². The van der Waals surface area contributed by atoms with E-state index < -0.39 is 5.97 Å². The van der Waals surface area contributed by atoms with Crippen molar-refractivity contribution in [3.8, 4) is 5.69 Å². The van der Waals surface area contributed by atoms with E-state index in [9.17, 15) is 13.6 Å². The number of methoxy groups -OCH3 is 1. The molecule has 0 aliphatic heterocycles. The van der Waals surface area contributed by atoms with Gasteiger partial charge in [-0.1, -0.05) is 18.2 Å². The molecule has 6 heteroatoms. The van der Waals surface area contributed by atoms with Crippen molar-refractivity contribution < 1.29 is 18.3 Å². The molecule has 0 radical (unpaired) electrons. The summed E-state index contributed by atoms with van der Waals surface area (Å²) in [7, 11) is 1.31. The third-order valence-corrected chi connectivity index (χ3v) is 4.54. The number of carbonyl (C=O) groups is 1. The van der Waals surface area contributed by atoms with Gasteiger partial charge in [0.05, 0.1) is 24.7 Å². The highest BCUT2D eigenvalue weighted by Gasteiger charge is 2.20. The molecule has 0 unspecified atom stereocenters. The zero-order valence-corrected chi connectivity index (χ0v) is 14.5. The number of hydrogen-bond donors (Lipinski definition) is 0. The van der Waals surface area contributed by atoms with Crippen LogP contribution in [-0.2, 0) is 11.3 Å². The minimum absolute atomic E-state index is 0.189. The highest BCUT2D eigenvalue weighted by molar-refractivity contribution is 5.95. The molecule has 0 amide bonds. The van der Waals surface area contributed by atoms with Crippen molar-refractivity contribution in [3.63, 3.8) is 0 Å². The highest BCUT2D eigenvalue weighted by atomic mass is 19.1. The number of nitrogens with zero attached hydrogens (tertiary/aromatic N) is 2. The molecule has 4 aromatic rings. The number of fused-ring (bicyclic) bond motifs is 1. The molecule has 4 nitrogen and oxygen atoms in total. The maximum atomic E-state index is 14.1. The Balaban J connectivity index is 1.87. The number of benzene rings is 2. The molecule has 2 aromatic heterocycles. The quantitative estimate of drug-likeness (QED) is 0.497. The summed E-state index contributed by atoms with van der Waals surface area (Å²) in [4.78, 5) is 12.3. The van der Waals surface area contributed by atoms with Gasteiger partial charge in [0.1, 0.15) is 17.3 Å². The predicted octanol–water partition coefficient (Wildman–Crippen LogP) is 4.55. The van der Waals surface area contributed by atoms with E-state index in [1.165, 1.54) is 25.3 Å². The number of esters is 1. The van der Waals surface area contributed by atoms with Gasteiger partial charge in [0, 0.05) is 17.4 Å². The molecule has 0 aliphatic rings. The first kappa shape index (κ1) is 17.0. The Morgan fingerprint density at radius 2 is 1.74 bits per heavy atom. The van der Waals surface area contributed by atoms with Crippen molar-refractivity contribution in [2.75, 3.05) is 7.11 Å². The van der Waals surface area contributed by atoms with Crippen LogP contribution in [0.5, 0.6) is 0 Å².